The van der Waals surface area contributed by atoms with Crippen LogP contribution in [0.1, 0.15) is 71.0 Å². The summed E-state index contributed by atoms with van der Waals surface area (Å²) in [6, 6.07) is 22.7. The number of carbonyl (C=O) groups excluding carboxylic acids is 2. The summed E-state index contributed by atoms with van der Waals surface area (Å²) in [4.78, 5) is 63.1. The topological polar surface area (TPSA) is 238 Å². The van der Waals surface area contributed by atoms with Gasteiger partial charge in [0.2, 0.25) is 0 Å². The molecule has 20 heteroatoms. The number of rotatable bonds is 11. The molecule has 67 heavy (non-hydrogen) atoms. The van der Waals surface area contributed by atoms with Crippen LogP contribution in [0.3, 0.4) is 0 Å². The van der Waals surface area contributed by atoms with Crippen LogP contribution < -0.4 is 20.9 Å². The fraction of sp³-hybridized carbons (Fsp3) is 0.362. The lowest BCUT2D eigenvalue weighted by molar-refractivity contribution is -0.0180. The van der Waals surface area contributed by atoms with E-state index >= 15 is 0 Å². The van der Waals surface area contributed by atoms with Crippen LogP contribution in [0.5, 0.6) is 0 Å². The minimum atomic E-state index is -1.04. The highest BCUT2D eigenvalue weighted by molar-refractivity contribution is 6.31. The molecule has 2 spiro atoms. The Labute approximate surface area is 388 Å². The lowest BCUT2D eigenvalue weighted by Gasteiger charge is -2.60. The normalized spacial score (nSPS) is 18.0. The van der Waals surface area contributed by atoms with Gasteiger partial charge in [-0.05, 0) is 104 Å². The Morgan fingerprint density at radius 2 is 1.36 bits per heavy atom. The van der Waals surface area contributed by atoms with Crippen molar-refractivity contribution in [1.82, 2.24) is 35.4 Å². The number of carboxylic acid groups (broad SMARTS) is 2. The molecule has 0 unspecified atom stereocenters. The highest BCUT2D eigenvalue weighted by Crippen LogP contribution is 2.53. The molecule has 4 amide bonds. The van der Waals surface area contributed by atoms with E-state index in [1.165, 1.54) is 41.1 Å². The number of nitrogens with one attached hydrogen (secondary N) is 1. The van der Waals surface area contributed by atoms with Crippen LogP contribution in [-0.2, 0) is 13.1 Å². The van der Waals surface area contributed by atoms with Gasteiger partial charge in [-0.15, -0.1) is 0 Å². The first-order valence-electron chi connectivity index (χ1n) is 21.9. The number of anilines is 2. The first kappa shape index (κ1) is 44.9. The highest BCUT2D eigenvalue weighted by Gasteiger charge is 2.55. The number of nitrogens with two attached hydrogens (primary N) is 1. The molecule has 0 radical (unpaired) electrons. The van der Waals surface area contributed by atoms with Gasteiger partial charge in [-0.25, -0.2) is 23.9 Å². The van der Waals surface area contributed by atoms with Gasteiger partial charge < -0.3 is 40.1 Å². The van der Waals surface area contributed by atoms with E-state index in [4.69, 9.17) is 31.4 Å². The van der Waals surface area contributed by atoms with Crippen molar-refractivity contribution in [1.29, 1.82) is 0 Å². The third-order valence-electron chi connectivity index (χ3n) is 13.6. The van der Waals surface area contributed by atoms with Crippen molar-refractivity contribution in [2.75, 3.05) is 43.0 Å². The van der Waals surface area contributed by atoms with Crippen LogP contribution in [0.15, 0.2) is 94.1 Å². The van der Waals surface area contributed by atoms with Crippen molar-refractivity contribution in [3.8, 4) is 11.1 Å². The van der Waals surface area contributed by atoms with Crippen LogP contribution in [0.4, 0.5) is 25.6 Å². The van der Waals surface area contributed by atoms with Crippen LogP contribution in [0.2, 0.25) is 5.02 Å². The fourth-order valence-corrected chi connectivity index (χ4v) is 10.1. The monoisotopic (exact) mass is 934 g/mol. The number of pyridine rings is 2. The number of hydrogen-bond donors (Lipinski definition) is 4. The second-order valence-corrected chi connectivity index (χ2v) is 18.4. The number of fused-ring (bicyclic) bond motifs is 1. The molecule has 5 N–H and O–H groups in total. The van der Waals surface area contributed by atoms with Gasteiger partial charge in [0.05, 0.1) is 18.6 Å². The standard InChI is InChI=1S/C24H26ClN5O4.C23H22FN5O4/c1-26-22(31)20-11-18(34-28-20)14-30(23(32)33)17-12-24(13-17)6-8-29(9-7-24)21-5-2-15-10-16(25)3-4-19(15)27-21;24-16-4-1-14(2-5-16)15-3-6-20(26-10-15)28-12-23(13-28)8-17(9-23)29(22(31)32)11-18-7-19(21(25)30)27-33-18/h2-5,10-11,17H,6-9,12-14H2,1H3,(H,26,31)(H,32,33);1-7,10,17H,8-9,11-13H2,(H2,25,30)(H,31,32). The molecule has 0 atom stereocenters. The Morgan fingerprint density at radius 3 is 1.93 bits per heavy atom. The average molecular weight is 935 g/mol. The summed E-state index contributed by atoms with van der Waals surface area (Å²) < 4.78 is 23.4. The van der Waals surface area contributed by atoms with Crippen molar-refractivity contribution in [3.63, 3.8) is 0 Å². The van der Waals surface area contributed by atoms with Crippen LogP contribution in [0, 0.1) is 16.6 Å². The second kappa shape index (κ2) is 18.2. The molecule has 4 fully saturated rings. The third-order valence-corrected chi connectivity index (χ3v) is 13.9. The molecule has 4 aliphatic rings. The Hall–Kier alpha value is -7.28. The number of primary amides is 1. The summed E-state index contributed by atoms with van der Waals surface area (Å²) >= 11 is 6.08. The first-order chi connectivity index (χ1) is 32.2. The van der Waals surface area contributed by atoms with Gasteiger partial charge in [0, 0.05) is 85.0 Å². The number of aromatic nitrogens is 4. The van der Waals surface area contributed by atoms with E-state index < -0.39 is 18.1 Å². The van der Waals surface area contributed by atoms with E-state index in [9.17, 15) is 33.8 Å². The van der Waals surface area contributed by atoms with Crippen molar-refractivity contribution in [2.45, 2.75) is 63.7 Å². The minimum absolute atomic E-state index is 0.0203. The van der Waals surface area contributed by atoms with E-state index in [0.29, 0.717) is 10.8 Å². The Morgan fingerprint density at radius 1 is 0.776 bits per heavy atom. The summed E-state index contributed by atoms with van der Waals surface area (Å²) in [5.41, 5.74) is 8.28. The molecule has 10 rings (SSSR count). The van der Waals surface area contributed by atoms with E-state index in [-0.39, 0.29) is 64.9 Å². The zero-order valence-electron chi connectivity index (χ0n) is 36.5. The summed E-state index contributed by atoms with van der Waals surface area (Å²) in [5.74, 6) is 1.12. The van der Waals surface area contributed by atoms with Gasteiger partial charge in [-0.3, -0.25) is 19.4 Å². The first-order valence-corrected chi connectivity index (χ1v) is 22.3. The zero-order valence-corrected chi connectivity index (χ0v) is 37.2. The molecular formula is C47H48ClFN10O8. The Kier molecular flexibility index (Phi) is 12.2. The molecule has 2 aromatic carbocycles. The predicted octanol–water partition coefficient (Wildman–Crippen LogP) is 7.29. The number of amides is 4. The smallest absolute Gasteiger partial charge is 0.407 e. The molecule has 0 bridgehead atoms. The number of piperidine rings is 1. The van der Waals surface area contributed by atoms with Gasteiger partial charge in [-0.2, -0.15) is 0 Å². The van der Waals surface area contributed by atoms with Crippen LogP contribution >= 0.6 is 11.6 Å². The molecule has 2 aliphatic carbocycles. The Balaban J connectivity index is 0.000000168. The zero-order chi connectivity index (χ0) is 47.0. The maximum absolute atomic E-state index is 13.1. The van der Waals surface area contributed by atoms with E-state index in [0.717, 1.165) is 98.4 Å². The average Bonchev–Trinajstić information content (AvgIpc) is 3.97. The third kappa shape index (κ3) is 9.54. The predicted molar refractivity (Wildman–Crippen MR) is 243 cm³/mol. The molecule has 2 saturated heterocycles. The van der Waals surface area contributed by atoms with Gasteiger partial charge in [0.15, 0.2) is 22.9 Å². The van der Waals surface area contributed by atoms with E-state index in [1.807, 2.05) is 36.4 Å². The quantitative estimate of drug-likeness (QED) is 0.0999. The number of nitrogens with zero attached hydrogens (tertiary/aromatic N) is 8. The number of halogens is 2. The van der Waals surface area contributed by atoms with Gasteiger partial charge in [0.25, 0.3) is 11.8 Å². The summed E-state index contributed by atoms with van der Waals surface area (Å²) in [6.07, 6.45) is 4.90. The molecular weight excluding hydrogens is 887 g/mol. The largest absolute Gasteiger partial charge is 0.465 e. The van der Waals surface area contributed by atoms with Crippen molar-refractivity contribution >= 4 is 58.1 Å². The molecule has 348 valence electrons. The molecule has 4 aromatic heterocycles. The fourth-order valence-electron chi connectivity index (χ4n) is 9.94. The molecule has 6 aromatic rings. The lowest BCUT2D eigenvalue weighted by Crippen LogP contribution is -2.67. The summed E-state index contributed by atoms with van der Waals surface area (Å²) in [5, 5.41) is 30.9. The molecule has 2 aliphatic heterocycles. The SMILES string of the molecule is CNC(=O)c1cc(CN(C(=O)O)C2CC3(CCN(c4ccc5cc(Cl)ccc5n4)CC3)C2)on1.NC(=O)c1cc(CN(C(=O)O)C2CC3(C2)CN(c2ccc(-c4ccc(F)cc4)cn2)C3)on1. The summed E-state index contributed by atoms with van der Waals surface area (Å²) in [7, 11) is 1.51. The van der Waals surface area contributed by atoms with Crippen molar-refractivity contribution in [3.05, 3.63) is 119 Å². The number of benzene rings is 2. The molecule has 18 nitrogen and oxygen atoms in total. The van der Waals surface area contributed by atoms with E-state index in [2.05, 4.69) is 36.5 Å². The number of hydrogen-bond acceptors (Lipinski definition) is 12. The maximum Gasteiger partial charge on any atom is 0.407 e. The minimum Gasteiger partial charge on any atom is -0.465 e. The number of carbonyl (C=O) groups is 4. The van der Waals surface area contributed by atoms with Crippen molar-refractivity contribution in [2.24, 2.45) is 16.6 Å². The molecule has 6 heterocycles. The lowest BCUT2D eigenvalue weighted by atomic mass is 9.60. The van der Waals surface area contributed by atoms with Crippen LogP contribution in [-0.4, -0.2) is 110 Å². The second-order valence-electron chi connectivity index (χ2n) is 18.0. The highest BCUT2D eigenvalue weighted by atomic mass is 35.5. The van der Waals surface area contributed by atoms with Crippen molar-refractivity contribution < 1.29 is 42.8 Å². The summed E-state index contributed by atoms with van der Waals surface area (Å²) in [6.45, 7) is 3.51. The molecule has 2 saturated carbocycles. The van der Waals surface area contributed by atoms with Gasteiger partial charge in [0.1, 0.15) is 17.5 Å². The van der Waals surface area contributed by atoms with Crippen LogP contribution in [0.25, 0.3) is 22.0 Å². The maximum atomic E-state index is 13.1. The van der Waals surface area contributed by atoms with Gasteiger partial charge >= 0.3 is 12.2 Å². The van der Waals surface area contributed by atoms with E-state index in [1.54, 1.807) is 18.3 Å². The Bertz CT molecular complexity index is 2790. The van der Waals surface area contributed by atoms with Gasteiger partial charge in [-0.1, -0.05) is 34.0 Å².